The van der Waals surface area contributed by atoms with Gasteiger partial charge in [0.2, 0.25) is 5.69 Å². The second-order valence-corrected chi connectivity index (χ2v) is 16.5. The molecule has 2 heterocycles. The van der Waals surface area contributed by atoms with Crippen LogP contribution in [0.4, 0.5) is 10.1 Å². The molecule has 0 spiro atoms. The van der Waals surface area contributed by atoms with Crippen LogP contribution in [0, 0.1) is 30.6 Å². The average Bonchev–Trinajstić information content (AvgIpc) is 3.85. The summed E-state index contributed by atoms with van der Waals surface area (Å²) in [6.45, 7) is 19.4. The number of halogens is 1. The molecule has 11 rings (SSSR count). The number of benzene rings is 7. The molecule has 0 aliphatic heterocycles. The molecule has 2 aliphatic rings. The number of aromatic nitrogens is 2. The standard InChI is InChI=1S/C51H35FN4/c1-28-48(55-42-21-13-9-17-31(42)35-23-33-29-15-7-11-19-38(29)50(2,3)40(33)25-44(35)55)37(27-53)46(52)47(54-6)49(28)56-43-22-14-10-18-32(43)36-24-34-30-16-8-12-20-39(30)51(4,5)41(34)26-45(36)56/h7-26H,1-5H3. The minimum absolute atomic E-state index is 0.138. The topological polar surface area (TPSA) is 38.0 Å². The number of rotatable bonds is 2. The highest BCUT2D eigenvalue weighted by Gasteiger charge is 2.38. The summed E-state index contributed by atoms with van der Waals surface area (Å²) in [5, 5.41) is 14.9. The zero-order valence-electron chi connectivity index (χ0n) is 31.7. The minimum Gasteiger partial charge on any atom is -0.319 e. The molecule has 56 heavy (non-hydrogen) atoms. The zero-order valence-corrected chi connectivity index (χ0v) is 31.7. The molecule has 0 saturated carbocycles. The van der Waals surface area contributed by atoms with Gasteiger partial charge in [0.1, 0.15) is 11.6 Å². The van der Waals surface area contributed by atoms with Crippen molar-refractivity contribution in [2.45, 2.75) is 45.4 Å². The van der Waals surface area contributed by atoms with Crippen LogP contribution in [-0.4, -0.2) is 9.13 Å². The number of fused-ring (bicyclic) bond motifs is 12. The number of hydrogen-bond acceptors (Lipinski definition) is 1. The van der Waals surface area contributed by atoms with Gasteiger partial charge in [-0.15, -0.1) is 0 Å². The Morgan fingerprint density at radius 1 is 0.554 bits per heavy atom. The summed E-state index contributed by atoms with van der Waals surface area (Å²) in [4.78, 5) is 3.87. The molecule has 9 aromatic rings. The average molecular weight is 723 g/mol. The lowest BCUT2D eigenvalue weighted by Crippen LogP contribution is -2.15. The second-order valence-electron chi connectivity index (χ2n) is 16.5. The first-order valence-electron chi connectivity index (χ1n) is 19.1. The first-order chi connectivity index (χ1) is 27.1. The summed E-state index contributed by atoms with van der Waals surface area (Å²) in [6.07, 6.45) is 0. The van der Waals surface area contributed by atoms with E-state index in [0.29, 0.717) is 16.9 Å². The van der Waals surface area contributed by atoms with Gasteiger partial charge in [-0.1, -0.05) is 113 Å². The molecule has 5 heteroatoms. The Morgan fingerprint density at radius 3 is 1.48 bits per heavy atom. The van der Waals surface area contributed by atoms with E-state index in [1.165, 1.54) is 44.5 Å². The Morgan fingerprint density at radius 2 is 1.00 bits per heavy atom. The third kappa shape index (κ3) is 3.85. The van der Waals surface area contributed by atoms with Crippen LogP contribution in [0.1, 0.15) is 61.1 Å². The second kappa shape index (κ2) is 10.8. The Hall–Kier alpha value is -6.95. The third-order valence-corrected chi connectivity index (χ3v) is 13.0. The molecule has 0 saturated heterocycles. The van der Waals surface area contributed by atoms with E-state index >= 15 is 4.39 Å². The van der Waals surface area contributed by atoms with E-state index < -0.39 is 5.82 Å². The van der Waals surface area contributed by atoms with Crippen molar-refractivity contribution in [3.05, 3.63) is 172 Å². The highest BCUT2D eigenvalue weighted by atomic mass is 19.1. The van der Waals surface area contributed by atoms with Gasteiger partial charge < -0.3 is 9.13 Å². The van der Waals surface area contributed by atoms with Crippen molar-refractivity contribution in [3.63, 3.8) is 0 Å². The molecule has 2 aliphatic carbocycles. The molecular weight excluding hydrogens is 688 g/mol. The van der Waals surface area contributed by atoms with E-state index in [-0.39, 0.29) is 22.1 Å². The molecule has 2 aromatic heterocycles. The Bertz CT molecular complexity index is 3140. The molecule has 0 amide bonds. The van der Waals surface area contributed by atoms with Gasteiger partial charge in [0.15, 0.2) is 5.82 Å². The van der Waals surface area contributed by atoms with Crippen molar-refractivity contribution in [1.82, 2.24) is 9.13 Å². The molecule has 7 aromatic carbocycles. The summed E-state index contributed by atoms with van der Waals surface area (Å²) >= 11 is 0. The summed E-state index contributed by atoms with van der Waals surface area (Å²) < 4.78 is 21.5. The maximum Gasteiger partial charge on any atom is 0.247 e. The van der Waals surface area contributed by atoms with E-state index in [2.05, 4.69) is 133 Å². The molecule has 0 atom stereocenters. The summed E-state index contributed by atoms with van der Waals surface area (Å²) in [6, 6.07) is 44.8. The summed E-state index contributed by atoms with van der Waals surface area (Å²) in [7, 11) is 0. The Balaban J connectivity index is 1.28. The molecule has 0 unspecified atom stereocenters. The first kappa shape index (κ1) is 32.5. The van der Waals surface area contributed by atoms with Crippen LogP contribution in [0.15, 0.2) is 121 Å². The van der Waals surface area contributed by atoms with Gasteiger partial charge in [0.05, 0.1) is 40.0 Å². The van der Waals surface area contributed by atoms with Crippen molar-refractivity contribution < 1.29 is 4.39 Å². The van der Waals surface area contributed by atoms with Crippen molar-refractivity contribution in [1.29, 1.82) is 5.26 Å². The number of para-hydroxylation sites is 2. The fourth-order valence-electron chi connectivity index (χ4n) is 10.4. The van der Waals surface area contributed by atoms with Crippen LogP contribution in [0.25, 0.3) is 82.1 Å². The normalized spacial score (nSPS) is 14.5. The summed E-state index contributed by atoms with van der Waals surface area (Å²) in [5.41, 5.74) is 14.0. The zero-order chi connectivity index (χ0) is 38.4. The van der Waals surface area contributed by atoms with Crippen LogP contribution in [-0.2, 0) is 10.8 Å². The molecule has 0 radical (unpaired) electrons. The van der Waals surface area contributed by atoms with E-state index in [1.54, 1.807) is 0 Å². The summed E-state index contributed by atoms with van der Waals surface area (Å²) in [5.74, 6) is -0.808. The minimum atomic E-state index is -0.808. The van der Waals surface area contributed by atoms with Crippen molar-refractivity contribution in [2.24, 2.45) is 0 Å². The lowest BCUT2D eigenvalue weighted by atomic mass is 9.82. The van der Waals surface area contributed by atoms with Gasteiger partial charge in [-0.2, -0.15) is 5.26 Å². The molecule has 0 fully saturated rings. The molecule has 0 N–H and O–H groups in total. The lowest BCUT2D eigenvalue weighted by Gasteiger charge is -2.24. The van der Waals surface area contributed by atoms with E-state index in [9.17, 15) is 5.26 Å². The number of nitriles is 1. The van der Waals surface area contributed by atoms with Gasteiger partial charge >= 0.3 is 0 Å². The Kier molecular flexibility index (Phi) is 6.29. The maximum absolute atomic E-state index is 17.3. The van der Waals surface area contributed by atoms with Gasteiger partial charge in [-0.3, -0.25) is 0 Å². The van der Waals surface area contributed by atoms with Crippen LogP contribution in [0.5, 0.6) is 0 Å². The van der Waals surface area contributed by atoms with Crippen LogP contribution in [0.2, 0.25) is 0 Å². The van der Waals surface area contributed by atoms with Gasteiger partial charge in [-0.25, -0.2) is 9.24 Å². The lowest BCUT2D eigenvalue weighted by molar-refractivity contribution is 0.627. The van der Waals surface area contributed by atoms with Gasteiger partial charge in [0.25, 0.3) is 0 Å². The molecule has 0 bridgehead atoms. The van der Waals surface area contributed by atoms with Crippen molar-refractivity contribution >= 4 is 49.3 Å². The number of hydrogen-bond donors (Lipinski definition) is 0. The van der Waals surface area contributed by atoms with Crippen LogP contribution < -0.4 is 0 Å². The fourth-order valence-corrected chi connectivity index (χ4v) is 10.4. The van der Waals surface area contributed by atoms with Gasteiger partial charge in [0, 0.05) is 32.4 Å². The number of nitrogens with zero attached hydrogens (tertiary/aromatic N) is 4. The monoisotopic (exact) mass is 722 g/mol. The Labute approximate surface area is 324 Å². The first-order valence-corrected chi connectivity index (χ1v) is 19.1. The van der Waals surface area contributed by atoms with Crippen molar-refractivity contribution in [2.75, 3.05) is 0 Å². The predicted molar refractivity (Wildman–Crippen MR) is 226 cm³/mol. The van der Waals surface area contributed by atoms with Crippen molar-refractivity contribution in [3.8, 4) is 39.7 Å². The van der Waals surface area contributed by atoms with E-state index in [1.807, 2.05) is 43.3 Å². The highest BCUT2D eigenvalue weighted by molar-refractivity contribution is 6.14. The van der Waals surface area contributed by atoms with Gasteiger partial charge in [-0.05, 0) is 93.4 Å². The SMILES string of the molecule is [C-]#[N+]c1c(F)c(C#N)c(-n2c3ccccc3c3cc4c(cc32)C(C)(C)c2ccccc2-4)c(C)c1-n1c2ccccc2c2cc3c(cc21)C(C)(C)c1ccccc1-3. The smallest absolute Gasteiger partial charge is 0.247 e. The van der Waals surface area contributed by atoms with E-state index in [4.69, 9.17) is 6.57 Å². The van der Waals surface area contributed by atoms with Crippen LogP contribution in [0.3, 0.4) is 0 Å². The quantitative estimate of drug-likeness (QED) is 0.164. The van der Waals surface area contributed by atoms with Crippen LogP contribution >= 0.6 is 0 Å². The predicted octanol–water partition coefficient (Wildman–Crippen LogP) is 13.4. The molecule has 266 valence electrons. The largest absolute Gasteiger partial charge is 0.319 e. The van der Waals surface area contributed by atoms with E-state index in [0.717, 1.165) is 43.6 Å². The fraction of sp³-hybridized carbons (Fsp3) is 0.137. The molecular formula is C51H35FN4. The highest BCUT2D eigenvalue weighted by Crippen LogP contribution is 2.54. The molecule has 4 nitrogen and oxygen atoms in total. The maximum atomic E-state index is 17.3. The third-order valence-electron chi connectivity index (χ3n) is 13.0.